The maximum Gasteiger partial charge on any atom is 0.335 e. The molecule has 0 spiro atoms. The van der Waals surface area contributed by atoms with Crippen molar-refractivity contribution in [1.29, 1.82) is 5.41 Å². The number of furan rings is 1. The van der Waals surface area contributed by atoms with E-state index in [1.54, 1.807) is 24.3 Å². The van der Waals surface area contributed by atoms with Gasteiger partial charge in [0.1, 0.15) is 11.5 Å². The Kier molecular flexibility index (Phi) is 5.91. The van der Waals surface area contributed by atoms with Crippen LogP contribution in [0.3, 0.4) is 0 Å². The highest BCUT2D eigenvalue weighted by Crippen LogP contribution is 2.34. The van der Waals surface area contributed by atoms with Gasteiger partial charge in [0.2, 0.25) is 5.17 Å². The molecule has 8 nitrogen and oxygen atoms in total. The number of carbonyl (C=O) groups excluding carboxylic acids is 1. The fourth-order valence-electron chi connectivity index (χ4n) is 3.26. The van der Waals surface area contributed by atoms with Crippen LogP contribution in [-0.4, -0.2) is 37.4 Å². The Hall–Kier alpha value is -3.89. The Labute approximate surface area is 202 Å². The second kappa shape index (κ2) is 9.16. The molecule has 0 bridgehead atoms. The third kappa shape index (κ3) is 4.45. The SMILES string of the molecule is N=C1/C(=C/c2ccc(-c3ccc(C(=O)O)cc3)o2)C(=O)N=C2SC(SCc3ccccc3)=NN12. The van der Waals surface area contributed by atoms with Crippen LogP contribution in [-0.2, 0) is 10.5 Å². The smallest absolute Gasteiger partial charge is 0.335 e. The summed E-state index contributed by atoms with van der Waals surface area (Å²) in [7, 11) is 0. The third-order valence-electron chi connectivity index (χ3n) is 4.97. The van der Waals surface area contributed by atoms with Crippen LogP contribution < -0.4 is 0 Å². The number of fused-ring (bicyclic) bond motifs is 1. The summed E-state index contributed by atoms with van der Waals surface area (Å²) in [5, 5.41) is 23.7. The van der Waals surface area contributed by atoms with E-state index in [1.807, 2.05) is 30.3 Å². The Morgan fingerprint density at radius 3 is 2.62 bits per heavy atom. The van der Waals surface area contributed by atoms with E-state index in [2.05, 4.69) is 10.1 Å². The predicted molar refractivity (Wildman–Crippen MR) is 134 cm³/mol. The first kappa shape index (κ1) is 21.9. The highest BCUT2D eigenvalue weighted by Gasteiger charge is 2.36. The first-order valence-electron chi connectivity index (χ1n) is 10.1. The Morgan fingerprint density at radius 2 is 1.88 bits per heavy atom. The molecule has 2 aromatic carbocycles. The highest BCUT2D eigenvalue weighted by molar-refractivity contribution is 8.45. The molecule has 2 N–H and O–H groups in total. The minimum Gasteiger partial charge on any atom is -0.478 e. The van der Waals surface area contributed by atoms with Crippen molar-refractivity contribution >= 4 is 56.9 Å². The van der Waals surface area contributed by atoms with Gasteiger partial charge in [-0.3, -0.25) is 10.2 Å². The molecular weight excluding hydrogens is 472 g/mol. The Balaban J connectivity index is 1.33. The summed E-state index contributed by atoms with van der Waals surface area (Å²) in [5.41, 5.74) is 2.10. The number of thioether (sulfide) groups is 2. The van der Waals surface area contributed by atoms with Gasteiger partial charge in [0, 0.05) is 11.3 Å². The van der Waals surface area contributed by atoms with Gasteiger partial charge < -0.3 is 9.52 Å². The number of hydrazone groups is 1. The van der Waals surface area contributed by atoms with Gasteiger partial charge in [-0.2, -0.15) is 10.0 Å². The second-order valence-corrected chi connectivity index (χ2v) is 9.42. The van der Waals surface area contributed by atoms with Crippen LogP contribution in [0.5, 0.6) is 0 Å². The first-order valence-corrected chi connectivity index (χ1v) is 11.9. The molecule has 0 fully saturated rings. The third-order valence-corrected chi connectivity index (χ3v) is 7.08. The molecule has 1 amide bonds. The number of rotatable bonds is 5. The number of aliphatic imine (C=N–C) groups is 1. The zero-order valence-electron chi connectivity index (χ0n) is 17.5. The van der Waals surface area contributed by atoms with Crippen LogP contribution in [0.2, 0.25) is 0 Å². The summed E-state index contributed by atoms with van der Waals surface area (Å²) < 4.78 is 6.52. The van der Waals surface area contributed by atoms with Crippen molar-refractivity contribution in [3.63, 3.8) is 0 Å². The van der Waals surface area contributed by atoms with Gasteiger partial charge in [0.15, 0.2) is 10.2 Å². The van der Waals surface area contributed by atoms with Gasteiger partial charge in [0.05, 0.1) is 11.1 Å². The molecule has 168 valence electrons. The lowest BCUT2D eigenvalue weighted by molar-refractivity contribution is -0.114. The summed E-state index contributed by atoms with van der Waals surface area (Å²) in [6, 6.07) is 19.6. The highest BCUT2D eigenvalue weighted by atomic mass is 32.2. The molecule has 3 aromatic rings. The molecule has 0 radical (unpaired) electrons. The maximum absolute atomic E-state index is 12.6. The fourth-order valence-corrected chi connectivity index (χ4v) is 5.14. The van der Waals surface area contributed by atoms with Crippen molar-refractivity contribution < 1.29 is 19.1 Å². The van der Waals surface area contributed by atoms with E-state index in [0.29, 0.717) is 26.6 Å². The monoisotopic (exact) mass is 488 g/mol. The molecule has 0 saturated heterocycles. The average molecular weight is 489 g/mol. The second-order valence-electron chi connectivity index (χ2n) is 7.24. The molecule has 0 aliphatic carbocycles. The van der Waals surface area contributed by atoms with Crippen molar-refractivity contribution in [3.8, 4) is 11.3 Å². The van der Waals surface area contributed by atoms with E-state index in [4.69, 9.17) is 14.9 Å². The van der Waals surface area contributed by atoms with Crippen molar-refractivity contribution in [1.82, 2.24) is 5.01 Å². The number of hydrogen-bond acceptors (Lipinski definition) is 7. The molecule has 3 heterocycles. The number of hydrogen-bond donors (Lipinski definition) is 2. The molecule has 0 saturated carbocycles. The van der Waals surface area contributed by atoms with Crippen LogP contribution >= 0.6 is 23.5 Å². The van der Waals surface area contributed by atoms with Crippen LogP contribution in [0, 0.1) is 5.41 Å². The van der Waals surface area contributed by atoms with E-state index < -0.39 is 11.9 Å². The number of amidine groups is 2. The number of nitrogens with zero attached hydrogens (tertiary/aromatic N) is 3. The molecule has 1 aromatic heterocycles. The minimum atomic E-state index is -1.00. The number of nitrogens with one attached hydrogen (secondary N) is 1. The van der Waals surface area contributed by atoms with Gasteiger partial charge in [-0.1, -0.05) is 54.2 Å². The number of aromatic carboxylic acids is 1. The van der Waals surface area contributed by atoms with Gasteiger partial charge in [-0.25, -0.2) is 4.79 Å². The fraction of sp³-hybridized carbons (Fsp3) is 0.0417. The molecule has 0 unspecified atom stereocenters. The Bertz CT molecular complexity index is 1390. The zero-order chi connectivity index (χ0) is 23.7. The summed E-state index contributed by atoms with van der Waals surface area (Å²) in [5.74, 6) is 0.00436. The number of amides is 1. The zero-order valence-corrected chi connectivity index (χ0v) is 19.1. The van der Waals surface area contributed by atoms with E-state index >= 15 is 0 Å². The van der Waals surface area contributed by atoms with Gasteiger partial charge in [0.25, 0.3) is 5.91 Å². The largest absolute Gasteiger partial charge is 0.478 e. The summed E-state index contributed by atoms with van der Waals surface area (Å²) >= 11 is 2.79. The Morgan fingerprint density at radius 1 is 1.12 bits per heavy atom. The quantitative estimate of drug-likeness (QED) is 0.476. The van der Waals surface area contributed by atoms with E-state index in [-0.39, 0.29) is 17.0 Å². The van der Waals surface area contributed by atoms with Gasteiger partial charge >= 0.3 is 5.97 Å². The summed E-state index contributed by atoms with van der Waals surface area (Å²) in [6.07, 6.45) is 1.47. The summed E-state index contributed by atoms with van der Waals surface area (Å²) in [6.45, 7) is 0. The predicted octanol–water partition coefficient (Wildman–Crippen LogP) is 5.15. The van der Waals surface area contributed by atoms with Crippen molar-refractivity contribution in [2.24, 2.45) is 10.1 Å². The van der Waals surface area contributed by atoms with Crippen molar-refractivity contribution in [2.75, 3.05) is 0 Å². The lowest BCUT2D eigenvalue weighted by Gasteiger charge is -2.19. The summed E-state index contributed by atoms with van der Waals surface area (Å²) in [4.78, 5) is 27.8. The first-order chi connectivity index (χ1) is 16.5. The lowest BCUT2D eigenvalue weighted by atomic mass is 10.1. The number of benzene rings is 2. The molecule has 34 heavy (non-hydrogen) atoms. The molecule has 2 aliphatic heterocycles. The molecule has 0 atom stereocenters. The van der Waals surface area contributed by atoms with E-state index in [0.717, 1.165) is 11.3 Å². The molecular formula is C24H16N4O4S2. The number of carboxylic acids is 1. The van der Waals surface area contributed by atoms with Crippen LogP contribution in [0.4, 0.5) is 0 Å². The van der Waals surface area contributed by atoms with Crippen LogP contribution in [0.1, 0.15) is 21.7 Å². The normalized spacial score (nSPS) is 16.5. The standard InChI is InChI=1S/C24H16N4O4S2/c25-20-18(12-17-10-11-19(32-17)15-6-8-16(9-7-15)22(30)31)21(29)26-23-28(20)27-24(34-23)33-13-14-4-2-1-3-5-14/h1-12,25H,13H2,(H,30,31)/b18-12-,25-20?. The van der Waals surface area contributed by atoms with Crippen LogP contribution in [0.15, 0.2) is 86.8 Å². The molecule has 5 rings (SSSR count). The minimum absolute atomic E-state index is 0.0680. The van der Waals surface area contributed by atoms with Gasteiger partial charge in [-0.05, 0) is 47.7 Å². The topological polar surface area (TPSA) is 119 Å². The average Bonchev–Trinajstić information content (AvgIpc) is 3.48. The van der Waals surface area contributed by atoms with Gasteiger partial charge in [-0.15, -0.1) is 5.10 Å². The molecule has 2 aliphatic rings. The van der Waals surface area contributed by atoms with Crippen molar-refractivity contribution in [3.05, 3.63) is 89.2 Å². The maximum atomic E-state index is 12.6. The van der Waals surface area contributed by atoms with Crippen molar-refractivity contribution in [2.45, 2.75) is 5.75 Å². The number of carboxylic acid groups (broad SMARTS) is 1. The lowest BCUT2D eigenvalue weighted by Crippen LogP contribution is -2.35. The van der Waals surface area contributed by atoms with Crippen LogP contribution in [0.25, 0.3) is 17.4 Å². The number of carbonyl (C=O) groups is 2. The van der Waals surface area contributed by atoms with E-state index in [1.165, 1.54) is 46.7 Å². The molecule has 10 heteroatoms. The van der Waals surface area contributed by atoms with E-state index in [9.17, 15) is 9.59 Å².